The Morgan fingerprint density at radius 2 is 1.94 bits per heavy atom. The molecule has 0 fully saturated rings. The molecule has 0 heterocycles. The molecule has 0 aliphatic rings. The second-order valence-electron chi connectivity index (χ2n) is 3.75. The average Bonchev–Trinajstić information content (AvgIpc) is 2.38. The van der Waals surface area contributed by atoms with Crippen molar-refractivity contribution in [2.75, 3.05) is 0 Å². The molecule has 96 valence electrons. The first-order valence-electron chi connectivity index (χ1n) is 5.83. The Hall–Kier alpha value is -2.10. The van der Waals surface area contributed by atoms with Gasteiger partial charge in [-0.3, -0.25) is 0 Å². The second-order valence-corrected chi connectivity index (χ2v) is 3.75. The summed E-state index contributed by atoms with van der Waals surface area (Å²) in [6.07, 6.45) is 5.94. The van der Waals surface area contributed by atoms with E-state index in [4.69, 9.17) is 4.74 Å². The number of carboxylic acids is 1. The van der Waals surface area contributed by atoms with Crippen LogP contribution in [-0.2, 0) is 4.74 Å². The summed E-state index contributed by atoms with van der Waals surface area (Å²) in [7, 11) is 0. The molecule has 0 atom stereocenters. The average molecular weight is 247 g/mol. The number of carbonyl (C=O) groups excluding carboxylic acids is 2. The summed E-state index contributed by atoms with van der Waals surface area (Å²) in [5, 5.41) is 10.8. The number of benzene rings is 1. The van der Waals surface area contributed by atoms with E-state index < -0.39 is 11.9 Å². The molecule has 0 saturated heterocycles. The maximum atomic E-state index is 11.6. The van der Waals surface area contributed by atoms with Crippen molar-refractivity contribution in [3.05, 3.63) is 47.7 Å². The number of allylic oxidation sites excluding steroid dienone is 1. The van der Waals surface area contributed by atoms with Crippen molar-refractivity contribution >= 4 is 11.9 Å². The second kappa shape index (κ2) is 7.27. The summed E-state index contributed by atoms with van der Waals surface area (Å²) in [6.45, 7) is 2.07. The molecule has 0 N–H and O–H groups in total. The Balaban J connectivity index is 2.67. The molecule has 0 spiro atoms. The summed E-state index contributed by atoms with van der Waals surface area (Å²) >= 11 is 0. The van der Waals surface area contributed by atoms with Gasteiger partial charge in [0.1, 0.15) is 0 Å². The first-order chi connectivity index (χ1) is 8.66. The quantitative estimate of drug-likeness (QED) is 0.437. The molecule has 1 rings (SSSR count). The monoisotopic (exact) mass is 247 g/mol. The highest BCUT2D eigenvalue weighted by molar-refractivity contribution is 6.01. The van der Waals surface area contributed by atoms with Gasteiger partial charge in [-0.05, 0) is 25.0 Å². The van der Waals surface area contributed by atoms with Crippen molar-refractivity contribution in [1.82, 2.24) is 0 Å². The first-order valence-corrected chi connectivity index (χ1v) is 5.83. The van der Waals surface area contributed by atoms with Gasteiger partial charge in [-0.25, -0.2) is 4.79 Å². The van der Waals surface area contributed by atoms with E-state index in [1.54, 1.807) is 12.1 Å². The number of carboxylic acid groups (broad SMARTS) is 1. The summed E-state index contributed by atoms with van der Waals surface area (Å²) < 4.78 is 4.85. The molecule has 0 saturated carbocycles. The predicted octanol–water partition coefficient (Wildman–Crippen LogP) is 1.91. The number of esters is 1. The lowest BCUT2D eigenvalue weighted by Gasteiger charge is -2.07. The Morgan fingerprint density at radius 3 is 2.56 bits per heavy atom. The lowest BCUT2D eigenvalue weighted by molar-refractivity contribution is -0.255. The number of unbranched alkanes of at least 4 members (excludes halogenated alkanes) is 2. The predicted molar refractivity (Wildman–Crippen MR) is 64.9 cm³/mol. The highest BCUT2D eigenvalue weighted by Crippen LogP contribution is 2.09. The van der Waals surface area contributed by atoms with Gasteiger partial charge in [0.2, 0.25) is 0 Å². The number of aromatic carboxylic acids is 1. The van der Waals surface area contributed by atoms with Gasteiger partial charge in [-0.2, -0.15) is 0 Å². The Bertz CT molecular complexity index is 449. The molecule has 0 aliphatic carbocycles. The summed E-state index contributed by atoms with van der Waals surface area (Å²) in [6, 6.07) is 5.81. The minimum atomic E-state index is -1.39. The van der Waals surface area contributed by atoms with Gasteiger partial charge in [0, 0.05) is 5.56 Å². The molecule has 4 nitrogen and oxygen atoms in total. The maximum absolute atomic E-state index is 11.6. The van der Waals surface area contributed by atoms with E-state index in [9.17, 15) is 14.7 Å². The zero-order valence-electron chi connectivity index (χ0n) is 10.2. The summed E-state index contributed by atoms with van der Waals surface area (Å²) in [5.74, 6) is -2.08. The summed E-state index contributed by atoms with van der Waals surface area (Å²) in [4.78, 5) is 22.4. The molecule has 1 aromatic carbocycles. The van der Waals surface area contributed by atoms with Crippen LogP contribution >= 0.6 is 0 Å². The Labute approximate surface area is 106 Å². The lowest BCUT2D eigenvalue weighted by atomic mass is 10.1. The largest absolute Gasteiger partial charge is 0.545 e. The smallest absolute Gasteiger partial charge is 0.343 e. The minimum absolute atomic E-state index is 0.00218. The molecule has 0 aromatic heterocycles. The number of rotatable bonds is 6. The number of ether oxygens (including phenoxy) is 1. The number of hydrogen-bond donors (Lipinski definition) is 0. The van der Waals surface area contributed by atoms with E-state index in [0.29, 0.717) is 0 Å². The molecule has 0 unspecified atom stereocenters. The van der Waals surface area contributed by atoms with E-state index in [0.717, 1.165) is 19.3 Å². The first kappa shape index (κ1) is 14.0. The summed E-state index contributed by atoms with van der Waals surface area (Å²) in [5.41, 5.74) is -0.165. The van der Waals surface area contributed by atoms with Crippen molar-refractivity contribution in [1.29, 1.82) is 0 Å². The molecule has 1 aromatic rings. The van der Waals surface area contributed by atoms with Crippen LogP contribution in [0.5, 0.6) is 0 Å². The van der Waals surface area contributed by atoms with Crippen LogP contribution in [0.1, 0.15) is 46.9 Å². The lowest BCUT2D eigenvalue weighted by Crippen LogP contribution is -2.25. The SMILES string of the molecule is CCCCC=COC(=O)c1ccccc1C(=O)[O-]. The van der Waals surface area contributed by atoms with Crippen LogP contribution in [-0.4, -0.2) is 11.9 Å². The van der Waals surface area contributed by atoms with Gasteiger partial charge >= 0.3 is 5.97 Å². The zero-order chi connectivity index (χ0) is 13.4. The molecule has 0 aliphatic heterocycles. The topological polar surface area (TPSA) is 66.4 Å². The van der Waals surface area contributed by atoms with Crippen molar-refractivity contribution in [2.45, 2.75) is 26.2 Å². The fourth-order valence-electron chi connectivity index (χ4n) is 1.40. The molecule has 18 heavy (non-hydrogen) atoms. The minimum Gasteiger partial charge on any atom is -0.545 e. The van der Waals surface area contributed by atoms with Crippen LogP contribution < -0.4 is 5.11 Å². The number of carbonyl (C=O) groups is 2. The fraction of sp³-hybridized carbons (Fsp3) is 0.286. The molecule has 0 amide bonds. The van der Waals surface area contributed by atoms with Crippen molar-refractivity contribution in [3.8, 4) is 0 Å². The standard InChI is InChI=1S/C14H16O4/c1-2-3-4-7-10-18-14(17)12-9-6-5-8-11(12)13(15)16/h5-10H,2-4H2,1H3,(H,15,16)/p-1. The van der Waals surface area contributed by atoms with Gasteiger partial charge < -0.3 is 14.6 Å². The van der Waals surface area contributed by atoms with Crippen LogP contribution in [0, 0.1) is 0 Å². The van der Waals surface area contributed by atoms with E-state index in [-0.39, 0.29) is 11.1 Å². The van der Waals surface area contributed by atoms with E-state index in [1.807, 2.05) is 0 Å². The fourth-order valence-corrected chi connectivity index (χ4v) is 1.40. The van der Waals surface area contributed by atoms with E-state index >= 15 is 0 Å². The van der Waals surface area contributed by atoms with Gasteiger partial charge in [-0.1, -0.05) is 31.5 Å². The third-order valence-electron chi connectivity index (χ3n) is 2.36. The molecule has 0 bridgehead atoms. The van der Waals surface area contributed by atoms with Crippen LogP contribution in [0.25, 0.3) is 0 Å². The van der Waals surface area contributed by atoms with Gasteiger partial charge in [0.15, 0.2) is 0 Å². The molecular weight excluding hydrogens is 232 g/mol. The number of hydrogen-bond acceptors (Lipinski definition) is 4. The van der Waals surface area contributed by atoms with Crippen molar-refractivity contribution in [2.24, 2.45) is 0 Å². The van der Waals surface area contributed by atoms with Crippen molar-refractivity contribution in [3.63, 3.8) is 0 Å². The highest BCUT2D eigenvalue weighted by atomic mass is 16.5. The Kier molecular flexibility index (Phi) is 5.64. The van der Waals surface area contributed by atoms with Crippen LogP contribution in [0.3, 0.4) is 0 Å². The third-order valence-corrected chi connectivity index (χ3v) is 2.36. The highest BCUT2D eigenvalue weighted by Gasteiger charge is 2.11. The van der Waals surface area contributed by atoms with Crippen LogP contribution in [0.4, 0.5) is 0 Å². The van der Waals surface area contributed by atoms with Gasteiger partial charge in [0.05, 0.1) is 17.8 Å². The maximum Gasteiger partial charge on any atom is 0.343 e. The zero-order valence-corrected chi connectivity index (χ0v) is 10.2. The molecular formula is C14H15O4-. The van der Waals surface area contributed by atoms with E-state index in [2.05, 4.69) is 6.92 Å². The van der Waals surface area contributed by atoms with Crippen LogP contribution in [0.2, 0.25) is 0 Å². The van der Waals surface area contributed by atoms with E-state index in [1.165, 1.54) is 24.5 Å². The Morgan fingerprint density at radius 1 is 1.28 bits per heavy atom. The van der Waals surface area contributed by atoms with Gasteiger partial charge in [-0.15, -0.1) is 0 Å². The molecule has 0 radical (unpaired) electrons. The normalized spacial score (nSPS) is 10.5. The van der Waals surface area contributed by atoms with Crippen molar-refractivity contribution < 1.29 is 19.4 Å². The molecule has 4 heteroatoms. The van der Waals surface area contributed by atoms with Crippen LogP contribution in [0.15, 0.2) is 36.6 Å². The third kappa shape index (κ3) is 4.05. The van der Waals surface area contributed by atoms with Gasteiger partial charge in [0.25, 0.3) is 0 Å².